The van der Waals surface area contributed by atoms with Gasteiger partial charge in [-0.05, 0) is 49.8 Å². The van der Waals surface area contributed by atoms with Gasteiger partial charge < -0.3 is 11.1 Å². The zero-order chi connectivity index (χ0) is 16.5. The third-order valence-corrected chi connectivity index (χ3v) is 5.62. The van der Waals surface area contributed by atoms with E-state index in [0.29, 0.717) is 6.04 Å². The molecule has 0 aromatic heterocycles. The van der Waals surface area contributed by atoms with Crippen LogP contribution in [0.1, 0.15) is 76.3 Å². The lowest BCUT2D eigenvalue weighted by atomic mass is 9.85. The van der Waals surface area contributed by atoms with Crippen LogP contribution in [0.4, 0.5) is 0 Å². The van der Waals surface area contributed by atoms with Crippen molar-refractivity contribution in [2.24, 2.45) is 5.73 Å². The zero-order valence-corrected chi connectivity index (χ0v) is 15.2. The maximum atomic E-state index is 6.53. The van der Waals surface area contributed by atoms with Crippen LogP contribution in [-0.4, -0.2) is 18.1 Å². The first kappa shape index (κ1) is 18.5. The van der Waals surface area contributed by atoms with Gasteiger partial charge in [0.15, 0.2) is 0 Å². The van der Waals surface area contributed by atoms with Crippen molar-refractivity contribution >= 4 is 0 Å². The molecule has 0 spiro atoms. The number of nitrogens with one attached hydrogen (secondary N) is 1. The quantitative estimate of drug-likeness (QED) is 0.619. The van der Waals surface area contributed by atoms with Gasteiger partial charge in [0.1, 0.15) is 0 Å². The Morgan fingerprint density at radius 2 is 1.65 bits per heavy atom. The molecule has 1 aromatic rings. The molecule has 1 aliphatic heterocycles. The molecule has 2 heteroatoms. The SMILES string of the molecule is CCCCCCCCc1ccc(CC2NCCC2(N)CC)cc1. The number of hydrogen-bond acceptors (Lipinski definition) is 2. The molecule has 23 heavy (non-hydrogen) atoms. The number of benzene rings is 1. The molecule has 1 fully saturated rings. The molecule has 0 saturated carbocycles. The molecule has 1 aliphatic rings. The summed E-state index contributed by atoms with van der Waals surface area (Å²) in [6.07, 6.45) is 12.7. The molecule has 3 N–H and O–H groups in total. The largest absolute Gasteiger partial charge is 0.324 e. The number of rotatable bonds is 10. The fourth-order valence-corrected chi connectivity index (χ4v) is 3.74. The summed E-state index contributed by atoms with van der Waals surface area (Å²) in [6, 6.07) is 9.68. The van der Waals surface area contributed by atoms with Crippen LogP contribution < -0.4 is 11.1 Å². The Balaban J connectivity index is 1.74. The van der Waals surface area contributed by atoms with E-state index in [9.17, 15) is 0 Å². The smallest absolute Gasteiger partial charge is 0.0322 e. The van der Waals surface area contributed by atoms with Crippen LogP contribution in [0.3, 0.4) is 0 Å². The van der Waals surface area contributed by atoms with Crippen molar-refractivity contribution in [1.82, 2.24) is 5.32 Å². The summed E-state index contributed by atoms with van der Waals surface area (Å²) in [5, 5.41) is 3.59. The van der Waals surface area contributed by atoms with Crippen molar-refractivity contribution < 1.29 is 0 Å². The lowest BCUT2D eigenvalue weighted by Gasteiger charge is -2.30. The Bertz CT molecular complexity index is 440. The van der Waals surface area contributed by atoms with Gasteiger partial charge in [0.2, 0.25) is 0 Å². The highest BCUT2D eigenvalue weighted by Crippen LogP contribution is 2.25. The second kappa shape index (κ2) is 9.44. The normalized spacial score (nSPS) is 24.2. The second-order valence-corrected chi connectivity index (χ2v) is 7.38. The molecule has 130 valence electrons. The molecule has 2 unspecified atom stereocenters. The fourth-order valence-electron chi connectivity index (χ4n) is 3.74. The summed E-state index contributed by atoms with van der Waals surface area (Å²) < 4.78 is 0. The predicted molar refractivity (Wildman–Crippen MR) is 101 cm³/mol. The predicted octanol–water partition coefficient (Wildman–Crippen LogP) is 4.60. The molecule has 2 rings (SSSR count). The highest BCUT2D eigenvalue weighted by molar-refractivity contribution is 5.24. The monoisotopic (exact) mass is 316 g/mol. The fraction of sp³-hybridized carbons (Fsp3) is 0.714. The lowest BCUT2D eigenvalue weighted by Crippen LogP contribution is -2.51. The molecule has 2 atom stereocenters. The van der Waals surface area contributed by atoms with Gasteiger partial charge in [0.25, 0.3) is 0 Å². The lowest BCUT2D eigenvalue weighted by molar-refractivity contribution is 0.355. The zero-order valence-electron chi connectivity index (χ0n) is 15.2. The highest BCUT2D eigenvalue weighted by Gasteiger charge is 2.37. The van der Waals surface area contributed by atoms with Crippen LogP contribution in [0.25, 0.3) is 0 Å². The highest BCUT2D eigenvalue weighted by atomic mass is 15.0. The summed E-state index contributed by atoms with van der Waals surface area (Å²) in [4.78, 5) is 0. The van der Waals surface area contributed by atoms with E-state index >= 15 is 0 Å². The second-order valence-electron chi connectivity index (χ2n) is 7.38. The third-order valence-electron chi connectivity index (χ3n) is 5.62. The molecule has 1 saturated heterocycles. The van der Waals surface area contributed by atoms with Crippen LogP contribution in [0.2, 0.25) is 0 Å². The minimum atomic E-state index is -0.0167. The van der Waals surface area contributed by atoms with Crippen LogP contribution in [0.15, 0.2) is 24.3 Å². The van der Waals surface area contributed by atoms with Gasteiger partial charge >= 0.3 is 0 Å². The van der Waals surface area contributed by atoms with Gasteiger partial charge in [0.05, 0.1) is 0 Å². The van der Waals surface area contributed by atoms with Crippen molar-refractivity contribution in [1.29, 1.82) is 0 Å². The average molecular weight is 317 g/mol. The first-order chi connectivity index (χ1) is 11.2. The van der Waals surface area contributed by atoms with Gasteiger partial charge in [-0.3, -0.25) is 0 Å². The van der Waals surface area contributed by atoms with E-state index < -0.39 is 0 Å². The van der Waals surface area contributed by atoms with Crippen molar-refractivity contribution in [3.05, 3.63) is 35.4 Å². The van der Waals surface area contributed by atoms with Crippen molar-refractivity contribution in [2.75, 3.05) is 6.54 Å². The van der Waals surface area contributed by atoms with E-state index in [2.05, 4.69) is 43.4 Å². The van der Waals surface area contributed by atoms with Crippen molar-refractivity contribution in [3.63, 3.8) is 0 Å². The standard InChI is InChI=1S/C21H36N2/c1-3-5-6-7-8-9-10-18-11-13-19(14-12-18)17-20-21(22,4-2)15-16-23-20/h11-14,20,23H,3-10,15-17,22H2,1-2H3. The summed E-state index contributed by atoms with van der Waals surface area (Å²) >= 11 is 0. The van der Waals surface area contributed by atoms with E-state index in [4.69, 9.17) is 5.73 Å². The number of hydrogen-bond donors (Lipinski definition) is 2. The van der Waals surface area contributed by atoms with E-state index in [1.165, 1.54) is 56.1 Å². The van der Waals surface area contributed by atoms with Crippen molar-refractivity contribution in [2.45, 2.75) is 89.6 Å². The average Bonchev–Trinajstić information content (AvgIpc) is 2.94. The number of unbranched alkanes of at least 4 members (excludes halogenated alkanes) is 5. The van der Waals surface area contributed by atoms with Gasteiger partial charge in [-0.2, -0.15) is 0 Å². The Hall–Kier alpha value is -0.860. The third kappa shape index (κ3) is 5.61. The van der Waals surface area contributed by atoms with Gasteiger partial charge in [-0.1, -0.05) is 70.2 Å². The molecule has 0 aliphatic carbocycles. The van der Waals surface area contributed by atoms with Crippen LogP contribution in [0, 0.1) is 0 Å². The summed E-state index contributed by atoms with van der Waals surface area (Å²) in [7, 11) is 0. The number of aryl methyl sites for hydroxylation is 1. The van der Waals surface area contributed by atoms with Crippen molar-refractivity contribution in [3.8, 4) is 0 Å². The minimum absolute atomic E-state index is 0.0167. The van der Waals surface area contributed by atoms with Gasteiger partial charge in [0, 0.05) is 11.6 Å². The summed E-state index contributed by atoms with van der Waals surface area (Å²) in [5.74, 6) is 0. The Morgan fingerprint density at radius 1 is 1.00 bits per heavy atom. The Labute approximate surface area is 143 Å². The van der Waals surface area contributed by atoms with E-state index in [0.717, 1.165) is 25.8 Å². The summed E-state index contributed by atoms with van der Waals surface area (Å²) in [5.41, 5.74) is 9.42. The minimum Gasteiger partial charge on any atom is -0.324 e. The Morgan fingerprint density at radius 3 is 2.35 bits per heavy atom. The summed E-state index contributed by atoms with van der Waals surface area (Å²) in [6.45, 7) is 5.55. The van der Waals surface area contributed by atoms with Crippen LogP contribution >= 0.6 is 0 Å². The Kier molecular flexibility index (Phi) is 7.58. The molecular weight excluding hydrogens is 280 g/mol. The molecule has 1 aromatic carbocycles. The molecule has 0 radical (unpaired) electrons. The van der Waals surface area contributed by atoms with Gasteiger partial charge in [-0.25, -0.2) is 0 Å². The van der Waals surface area contributed by atoms with Crippen LogP contribution in [-0.2, 0) is 12.8 Å². The van der Waals surface area contributed by atoms with E-state index in [1.807, 2.05) is 0 Å². The van der Waals surface area contributed by atoms with E-state index in [-0.39, 0.29) is 5.54 Å². The first-order valence-electron chi connectivity index (χ1n) is 9.78. The first-order valence-corrected chi connectivity index (χ1v) is 9.78. The maximum absolute atomic E-state index is 6.53. The molecular formula is C21H36N2. The molecule has 0 amide bonds. The number of nitrogens with two attached hydrogens (primary N) is 1. The molecule has 0 bridgehead atoms. The molecule has 2 nitrogen and oxygen atoms in total. The van der Waals surface area contributed by atoms with Gasteiger partial charge in [-0.15, -0.1) is 0 Å². The topological polar surface area (TPSA) is 38.0 Å². The molecule has 1 heterocycles. The van der Waals surface area contributed by atoms with E-state index in [1.54, 1.807) is 0 Å². The van der Waals surface area contributed by atoms with Crippen LogP contribution in [0.5, 0.6) is 0 Å². The maximum Gasteiger partial charge on any atom is 0.0322 e.